The van der Waals surface area contributed by atoms with Gasteiger partial charge in [0.05, 0.1) is 5.56 Å². The third-order valence-electron chi connectivity index (χ3n) is 2.68. The number of nitrogens with one attached hydrogen (secondary N) is 1. The Morgan fingerprint density at radius 3 is 2.73 bits per heavy atom. The third-order valence-corrected chi connectivity index (χ3v) is 2.90. The molecule has 15 heavy (non-hydrogen) atoms. The van der Waals surface area contributed by atoms with Crippen molar-refractivity contribution in [2.45, 2.75) is 31.7 Å². The van der Waals surface area contributed by atoms with Crippen molar-refractivity contribution in [3.8, 4) is 0 Å². The Morgan fingerprint density at radius 1 is 1.40 bits per heavy atom. The molecule has 0 saturated heterocycles. The van der Waals surface area contributed by atoms with Gasteiger partial charge in [-0.05, 0) is 25.0 Å². The van der Waals surface area contributed by atoms with E-state index in [0.717, 1.165) is 12.8 Å². The second-order valence-electron chi connectivity index (χ2n) is 3.82. The van der Waals surface area contributed by atoms with Crippen molar-refractivity contribution >= 4 is 17.5 Å². The van der Waals surface area contributed by atoms with E-state index in [2.05, 4.69) is 10.3 Å². The molecule has 1 amide bonds. The molecular weight excluding hydrogens is 212 g/mol. The molecule has 80 valence electrons. The van der Waals surface area contributed by atoms with Crippen molar-refractivity contribution in [3.05, 3.63) is 29.0 Å². The van der Waals surface area contributed by atoms with Crippen molar-refractivity contribution in [1.82, 2.24) is 10.3 Å². The number of hydrogen-bond acceptors (Lipinski definition) is 2. The van der Waals surface area contributed by atoms with Crippen molar-refractivity contribution in [3.63, 3.8) is 0 Å². The van der Waals surface area contributed by atoms with Crippen LogP contribution >= 0.6 is 11.6 Å². The Bertz CT molecular complexity index is 344. The van der Waals surface area contributed by atoms with Gasteiger partial charge in [-0.25, -0.2) is 4.98 Å². The molecule has 0 unspecified atom stereocenters. The number of hydrogen-bond donors (Lipinski definition) is 1. The molecule has 0 spiro atoms. The summed E-state index contributed by atoms with van der Waals surface area (Å²) >= 11 is 5.64. The Balaban J connectivity index is 1.98. The molecule has 0 bridgehead atoms. The lowest BCUT2D eigenvalue weighted by Gasteiger charge is -2.11. The molecule has 3 nitrogen and oxygen atoms in total. The molecular formula is C11H13ClN2O. The summed E-state index contributed by atoms with van der Waals surface area (Å²) in [6, 6.07) is 3.67. The summed E-state index contributed by atoms with van der Waals surface area (Å²) in [4.78, 5) is 15.6. The Hall–Kier alpha value is -1.09. The van der Waals surface area contributed by atoms with E-state index in [-0.39, 0.29) is 5.91 Å². The van der Waals surface area contributed by atoms with Gasteiger partial charge in [0.15, 0.2) is 0 Å². The maximum Gasteiger partial charge on any atom is 0.253 e. The average molecular weight is 225 g/mol. The topological polar surface area (TPSA) is 42.0 Å². The maximum atomic E-state index is 11.7. The minimum absolute atomic E-state index is 0.0499. The predicted octanol–water partition coefficient (Wildman–Crippen LogP) is 2.41. The van der Waals surface area contributed by atoms with Crippen LogP contribution in [0.25, 0.3) is 0 Å². The van der Waals surface area contributed by atoms with Crippen LogP contribution in [0.1, 0.15) is 36.0 Å². The minimum Gasteiger partial charge on any atom is -0.349 e. The predicted molar refractivity (Wildman–Crippen MR) is 59.0 cm³/mol. The zero-order chi connectivity index (χ0) is 10.7. The van der Waals surface area contributed by atoms with Crippen LogP contribution in [0.15, 0.2) is 18.3 Å². The highest BCUT2D eigenvalue weighted by atomic mass is 35.5. The van der Waals surface area contributed by atoms with Crippen molar-refractivity contribution in [2.24, 2.45) is 0 Å². The number of amides is 1. The fraction of sp³-hybridized carbons (Fsp3) is 0.455. The van der Waals surface area contributed by atoms with E-state index in [0.29, 0.717) is 16.8 Å². The minimum atomic E-state index is -0.0499. The molecule has 1 saturated carbocycles. The summed E-state index contributed by atoms with van der Waals surface area (Å²) in [6.07, 6.45) is 6.11. The van der Waals surface area contributed by atoms with E-state index in [1.807, 2.05) is 0 Å². The van der Waals surface area contributed by atoms with Crippen LogP contribution in [0.5, 0.6) is 0 Å². The molecule has 0 atom stereocenters. The SMILES string of the molecule is O=C(NC1CCCC1)c1ccc(Cl)nc1. The van der Waals surface area contributed by atoms with Gasteiger partial charge in [-0.15, -0.1) is 0 Å². The summed E-state index contributed by atoms with van der Waals surface area (Å²) < 4.78 is 0. The van der Waals surface area contributed by atoms with E-state index in [9.17, 15) is 4.79 Å². The molecule has 0 aliphatic heterocycles. The number of rotatable bonds is 2. The lowest BCUT2D eigenvalue weighted by Crippen LogP contribution is -2.32. The fourth-order valence-electron chi connectivity index (χ4n) is 1.85. The molecule has 2 rings (SSSR count). The smallest absolute Gasteiger partial charge is 0.253 e. The zero-order valence-electron chi connectivity index (χ0n) is 8.37. The van der Waals surface area contributed by atoms with Gasteiger partial charge >= 0.3 is 0 Å². The summed E-state index contributed by atoms with van der Waals surface area (Å²) in [5.41, 5.74) is 0.575. The van der Waals surface area contributed by atoms with Crippen LogP contribution in [0, 0.1) is 0 Å². The summed E-state index contributed by atoms with van der Waals surface area (Å²) in [5.74, 6) is -0.0499. The molecule has 1 aromatic rings. The maximum absolute atomic E-state index is 11.7. The molecule has 4 heteroatoms. The number of carbonyl (C=O) groups is 1. The fourth-order valence-corrected chi connectivity index (χ4v) is 1.96. The van der Waals surface area contributed by atoms with Gasteiger partial charge in [0, 0.05) is 12.2 Å². The monoisotopic (exact) mass is 224 g/mol. The zero-order valence-corrected chi connectivity index (χ0v) is 9.13. The van der Waals surface area contributed by atoms with Crippen molar-refractivity contribution in [2.75, 3.05) is 0 Å². The van der Waals surface area contributed by atoms with Crippen molar-refractivity contribution < 1.29 is 4.79 Å². The lowest BCUT2D eigenvalue weighted by molar-refractivity contribution is 0.0937. The van der Waals surface area contributed by atoms with Crippen LogP contribution in [-0.2, 0) is 0 Å². The molecule has 1 heterocycles. The molecule has 0 radical (unpaired) electrons. The quantitative estimate of drug-likeness (QED) is 0.784. The largest absolute Gasteiger partial charge is 0.349 e. The Kier molecular flexibility index (Phi) is 3.21. The van der Waals surface area contributed by atoms with E-state index < -0.39 is 0 Å². The first-order chi connectivity index (χ1) is 7.25. The highest BCUT2D eigenvalue weighted by Crippen LogP contribution is 2.18. The number of pyridine rings is 1. The summed E-state index contributed by atoms with van der Waals surface area (Å²) in [5, 5.41) is 3.40. The van der Waals surface area contributed by atoms with Gasteiger partial charge in [0.2, 0.25) is 0 Å². The summed E-state index contributed by atoms with van der Waals surface area (Å²) in [7, 11) is 0. The lowest BCUT2D eigenvalue weighted by atomic mass is 10.2. The van der Waals surface area contributed by atoms with Crippen LogP contribution in [0.3, 0.4) is 0 Å². The number of nitrogens with zero attached hydrogens (tertiary/aromatic N) is 1. The molecule has 0 aromatic carbocycles. The van der Waals surface area contributed by atoms with Crippen LogP contribution in [-0.4, -0.2) is 16.9 Å². The molecule has 1 aromatic heterocycles. The second-order valence-corrected chi connectivity index (χ2v) is 4.21. The van der Waals surface area contributed by atoms with E-state index in [1.54, 1.807) is 12.1 Å². The van der Waals surface area contributed by atoms with Gasteiger partial charge < -0.3 is 5.32 Å². The van der Waals surface area contributed by atoms with Gasteiger partial charge in [-0.1, -0.05) is 24.4 Å². The van der Waals surface area contributed by atoms with Crippen LogP contribution in [0.2, 0.25) is 5.15 Å². The van der Waals surface area contributed by atoms with E-state index >= 15 is 0 Å². The van der Waals surface area contributed by atoms with E-state index in [1.165, 1.54) is 19.0 Å². The third kappa shape index (κ3) is 2.69. The Morgan fingerprint density at radius 2 is 2.13 bits per heavy atom. The molecule has 1 N–H and O–H groups in total. The molecule has 1 aliphatic carbocycles. The highest BCUT2D eigenvalue weighted by molar-refractivity contribution is 6.29. The van der Waals surface area contributed by atoms with Crippen molar-refractivity contribution in [1.29, 1.82) is 0 Å². The number of aromatic nitrogens is 1. The van der Waals surface area contributed by atoms with Crippen LogP contribution < -0.4 is 5.32 Å². The van der Waals surface area contributed by atoms with E-state index in [4.69, 9.17) is 11.6 Å². The first kappa shape index (κ1) is 10.4. The van der Waals surface area contributed by atoms with Crippen LogP contribution in [0.4, 0.5) is 0 Å². The number of halogens is 1. The first-order valence-corrected chi connectivity index (χ1v) is 5.56. The first-order valence-electron chi connectivity index (χ1n) is 5.18. The normalized spacial score (nSPS) is 16.6. The highest BCUT2D eigenvalue weighted by Gasteiger charge is 2.17. The average Bonchev–Trinajstić information content (AvgIpc) is 2.71. The summed E-state index contributed by atoms with van der Waals surface area (Å²) in [6.45, 7) is 0. The van der Waals surface area contributed by atoms with Gasteiger partial charge in [0.1, 0.15) is 5.15 Å². The molecule has 1 aliphatic rings. The second kappa shape index (κ2) is 4.62. The molecule has 1 fully saturated rings. The van der Waals surface area contributed by atoms with Gasteiger partial charge in [-0.3, -0.25) is 4.79 Å². The standard InChI is InChI=1S/C11H13ClN2O/c12-10-6-5-8(7-13-10)11(15)14-9-3-1-2-4-9/h5-7,9H,1-4H2,(H,14,15). The van der Waals surface area contributed by atoms with Gasteiger partial charge in [0.25, 0.3) is 5.91 Å². The Labute approximate surface area is 93.8 Å². The number of carbonyl (C=O) groups excluding carboxylic acids is 1. The van der Waals surface area contributed by atoms with Gasteiger partial charge in [-0.2, -0.15) is 0 Å².